The predicted molar refractivity (Wildman–Crippen MR) is 144 cm³/mol. The first-order valence-electron chi connectivity index (χ1n) is 12.6. The molecular weight excluding hydrogens is 475 g/mol. The summed E-state index contributed by atoms with van der Waals surface area (Å²) in [5.41, 5.74) is 2.65. The largest absolute Gasteiger partial charge is 0.497 e. The van der Waals surface area contributed by atoms with Crippen molar-refractivity contribution in [3.63, 3.8) is 0 Å². The van der Waals surface area contributed by atoms with Gasteiger partial charge in [0.15, 0.2) is 0 Å². The number of halogens is 1. The number of hydrogen-bond acceptors (Lipinski definition) is 5. The van der Waals surface area contributed by atoms with E-state index < -0.39 is 12.1 Å². The number of thioether (sulfide) groups is 1. The molecule has 7 heteroatoms. The van der Waals surface area contributed by atoms with Gasteiger partial charge in [0.1, 0.15) is 11.9 Å². The van der Waals surface area contributed by atoms with E-state index in [4.69, 9.17) is 4.74 Å². The van der Waals surface area contributed by atoms with E-state index in [0.29, 0.717) is 24.2 Å². The lowest BCUT2D eigenvalue weighted by molar-refractivity contribution is -0.139. The highest BCUT2D eigenvalue weighted by Crippen LogP contribution is 2.36. The van der Waals surface area contributed by atoms with Crippen LogP contribution in [0.3, 0.4) is 0 Å². The average molecular weight is 511 g/mol. The third kappa shape index (κ3) is 6.77. The van der Waals surface area contributed by atoms with Crippen LogP contribution in [0.5, 0.6) is 5.75 Å². The number of fused-ring (bicyclic) bond motifs is 1. The molecule has 3 aromatic rings. The summed E-state index contributed by atoms with van der Waals surface area (Å²) < 4.78 is 20.8. The smallest absolute Gasteiger partial charge is 0.303 e. The molecule has 1 N–H and O–H groups in total. The molecule has 0 saturated carbocycles. The standard InChI is InChI=1S/C29H35FN2O3S/c1-20-5-3-4-6-28(20)36-16-15-32-14-12-21(22(19-32)17-29(33)34)7-9-26(30)24-11-13-31-27-10-8-23(35-2)18-25(24)27/h3-6,8,10-11,13,18,21-22,26H,7,9,12,14-17,19H2,1-2H3,(H,33,34)/t21-,22+,26-/m1/s1. The van der Waals surface area contributed by atoms with E-state index in [0.717, 1.165) is 42.7 Å². The van der Waals surface area contributed by atoms with E-state index >= 15 is 4.39 Å². The van der Waals surface area contributed by atoms with Crippen molar-refractivity contribution in [3.05, 3.63) is 65.9 Å². The number of benzene rings is 2. The van der Waals surface area contributed by atoms with Crippen molar-refractivity contribution in [3.8, 4) is 5.75 Å². The monoisotopic (exact) mass is 510 g/mol. The van der Waals surface area contributed by atoms with Crippen LogP contribution in [0.1, 0.15) is 43.0 Å². The first-order chi connectivity index (χ1) is 17.4. The number of nitrogens with zero attached hydrogens (tertiary/aromatic N) is 2. The lowest BCUT2D eigenvalue weighted by atomic mass is 9.79. The van der Waals surface area contributed by atoms with Crippen molar-refractivity contribution in [2.45, 2.75) is 43.7 Å². The number of aromatic nitrogens is 1. The number of piperidine rings is 1. The van der Waals surface area contributed by atoms with Crippen molar-refractivity contribution in [2.75, 3.05) is 32.5 Å². The Morgan fingerprint density at radius 2 is 2.08 bits per heavy atom. The quantitative estimate of drug-likeness (QED) is 0.295. The van der Waals surface area contributed by atoms with Gasteiger partial charge < -0.3 is 14.7 Å². The second-order valence-electron chi connectivity index (χ2n) is 9.65. The molecule has 1 saturated heterocycles. The van der Waals surface area contributed by atoms with Crippen LogP contribution in [0.15, 0.2) is 59.6 Å². The normalized spacial score (nSPS) is 19.3. The van der Waals surface area contributed by atoms with Crippen LogP contribution in [-0.2, 0) is 4.79 Å². The number of carboxylic acid groups (broad SMARTS) is 1. The van der Waals surface area contributed by atoms with Crippen molar-refractivity contribution in [1.82, 2.24) is 9.88 Å². The Bertz CT molecular complexity index is 1170. The number of rotatable bonds is 11. The molecule has 2 heterocycles. The van der Waals surface area contributed by atoms with Gasteiger partial charge >= 0.3 is 5.97 Å². The third-order valence-electron chi connectivity index (χ3n) is 7.28. The van der Waals surface area contributed by atoms with Gasteiger partial charge in [0, 0.05) is 41.7 Å². The lowest BCUT2D eigenvalue weighted by Gasteiger charge is -2.38. The van der Waals surface area contributed by atoms with E-state index in [1.165, 1.54) is 10.5 Å². The molecular formula is C29H35FN2O3S. The van der Waals surface area contributed by atoms with Crippen molar-refractivity contribution in [2.24, 2.45) is 11.8 Å². The maximum Gasteiger partial charge on any atom is 0.303 e. The molecule has 4 rings (SSSR count). The Kier molecular flexibility index (Phi) is 9.21. The number of pyridine rings is 1. The molecule has 0 bridgehead atoms. The van der Waals surface area contributed by atoms with Crippen LogP contribution in [0.4, 0.5) is 4.39 Å². The molecule has 192 valence electrons. The number of aliphatic carboxylic acids is 1. The van der Waals surface area contributed by atoms with Crippen LogP contribution in [0.2, 0.25) is 0 Å². The molecule has 1 aliphatic rings. The average Bonchev–Trinajstić information content (AvgIpc) is 2.88. The molecule has 2 aromatic carbocycles. The maximum absolute atomic E-state index is 15.5. The summed E-state index contributed by atoms with van der Waals surface area (Å²) in [6.45, 7) is 4.75. The zero-order valence-corrected chi connectivity index (χ0v) is 21.8. The molecule has 3 atom stereocenters. The van der Waals surface area contributed by atoms with Gasteiger partial charge in [-0.15, -0.1) is 11.8 Å². The molecule has 0 amide bonds. The molecule has 36 heavy (non-hydrogen) atoms. The summed E-state index contributed by atoms with van der Waals surface area (Å²) in [4.78, 5) is 19.6. The minimum Gasteiger partial charge on any atom is -0.497 e. The van der Waals surface area contributed by atoms with Crippen molar-refractivity contribution >= 4 is 28.6 Å². The second-order valence-corrected chi connectivity index (χ2v) is 10.8. The molecule has 5 nitrogen and oxygen atoms in total. The van der Waals surface area contributed by atoms with Gasteiger partial charge in [0.2, 0.25) is 0 Å². The second kappa shape index (κ2) is 12.5. The van der Waals surface area contributed by atoms with Crippen LogP contribution in [0.25, 0.3) is 10.9 Å². The van der Waals surface area contributed by atoms with Gasteiger partial charge in [0.05, 0.1) is 12.6 Å². The van der Waals surface area contributed by atoms with Crippen LogP contribution < -0.4 is 4.74 Å². The third-order valence-corrected chi connectivity index (χ3v) is 8.44. The Labute approximate surface area is 217 Å². The molecule has 0 radical (unpaired) electrons. The van der Waals surface area contributed by atoms with Gasteiger partial charge in [0.25, 0.3) is 0 Å². The summed E-state index contributed by atoms with van der Waals surface area (Å²) in [5.74, 6) is 1.13. The summed E-state index contributed by atoms with van der Waals surface area (Å²) in [6.07, 6.45) is 2.62. The molecule has 0 aliphatic carbocycles. The van der Waals surface area contributed by atoms with Gasteiger partial charge in [-0.2, -0.15) is 0 Å². The SMILES string of the molecule is COc1ccc2nccc([C@H](F)CC[C@@H]3CCN(CCSc4ccccc4C)C[C@@H]3CC(=O)O)c2c1. The number of ether oxygens (including phenoxy) is 1. The summed E-state index contributed by atoms with van der Waals surface area (Å²) in [6, 6.07) is 15.6. The summed E-state index contributed by atoms with van der Waals surface area (Å²) in [7, 11) is 1.60. The minimum atomic E-state index is -1.13. The van der Waals surface area contributed by atoms with E-state index in [2.05, 4.69) is 41.1 Å². The number of carboxylic acids is 1. The number of hydrogen-bond donors (Lipinski definition) is 1. The molecule has 0 spiro atoms. The highest BCUT2D eigenvalue weighted by atomic mass is 32.2. The van der Waals surface area contributed by atoms with Crippen molar-refractivity contribution < 1.29 is 19.0 Å². The highest BCUT2D eigenvalue weighted by Gasteiger charge is 2.31. The van der Waals surface area contributed by atoms with Crippen LogP contribution in [0, 0.1) is 18.8 Å². The van der Waals surface area contributed by atoms with Gasteiger partial charge in [-0.1, -0.05) is 18.2 Å². The van der Waals surface area contributed by atoms with Crippen LogP contribution in [-0.4, -0.2) is 53.5 Å². The zero-order valence-electron chi connectivity index (χ0n) is 21.0. The maximum atomic E-state index is 15.5. The van der Waals surface area contributed by atoms with Crippen LogP contribution >= 0.6 is 11.8 Å². The number of methoxy groups -OCH3 is 1. The fourth-order valence-corrected chi connectivity index (χ4v) is 6.30. The number of aryl methyl sites for hydroxylation is 1. The summed E-state index contributed by atoms with van der Waals surface area (Å²) >= 11 is 1.85. The molecule has 1 aliphatic heterocycles. The predicted octanol–water partition coefficient (Wildman–Crippen LogP) is 6.55. The van der Waals surface area contributed by atoms with E-state index in [1.54, 1.807) is 19.4 Å². The number of carbonyl (C=O) groups is 1. The first kappa shape index (κ1) is 26.4. The fraction of sp³-hybridized carbons (Fsp3) is 0.448. The fourth-order valence-electron chi connectivity index (χ4n) is 5.26. The van der Waals surface area contributed by atoms with Gasteiger partial charge in [-0.3, -0.25) is 9.78 Å². The lowest BCUT2D eigenvalue weighted by Crippen LogP contribution is -2.42. The van der Waals surface area contributed by atoms with Gasteiger partial charge in [-0.25, -0.2) is 4.39 Å². The molecule has 0 unspecified atom stereocenters. The first-order valence-corrected chi connectivity index (χ1v) is 13.6. The van der Waals surface area contributed by atoms with E-state index in [-0.39, 0.29) is 18.3 Å². The van der Waals surface area contributed by atoms with Crippen molar-refractivity contribution in [1.29, 1.82) is 0 Å². The summed E-state index contributed by atoms with van der Waals surface area (Å²) in [5, 5.41) is 10.3. The molecule has 1 aromatic heterocycles. The number of likely N-dealkylation sites (tertiary alicyclic amines) is 1. The van der Waals surface area contributed by atoms with E-state index in [9.17, 15) is 9.90 Å². The number of alkyl halides is 1. The topological polar surface area (TPSA) is 62.7 Å². The van der Waals surface area contributed by atoms with Gasteiger partial charge in [-0.05, 0) is 86.0 Å². The zero-order chi connectivity index (χ0) is 25.5. The Balaban J connectivity index is 1.35. The van der Waals surface area contributed by atoms with E-state index in [1.807, 2.05) is 30.0 Å². The Morgan fingerprint density at radius 3 is 2.86 bits per heavy atom. The highest BCUT2D eigenvalue weighted by molar-refractivity contribution is 7.99. The molecule has 1 fully saturated rings. The Hall–Kier alpha value is -2.64. The Morgan fingerprint density at radius 1 is 1.25 bits per heavy atom. The minimum absolute atomic E-state index is 0.0428.